The maximum Gasteiger partial charge on any atom is 0.474 e. The summed E-state index contributed by atoms with van der Waals surface area (Å²) < 4.78 is 88.9. The van der Waals surface area contributed by atoms with Crippen molar-refractivity contribution in [3.05, 3.63) is 70.7 Å². The van der Waals surface area contributed by atoms with Gasteiger partial charge in [0.1, 0.15) is 102 Å². The number of aliphatic hydroxyl groups excluding tert-OH is 10. The smallest absolute Gasteiger partial charge is 0.474 e. The summed E-state index contributed by atoms with van der Waals surface area (Å²) in [5.41, 5.74) is 12.0. The standard InChI is InChI=1S/C69H108N5O34P/c1-30(2)15-14-17-31(3)18-19-33(5)22-25-68(9,10)24-13-12-16-32(4)23-26-96-41(61(90)91)29-98-109(94,95)108-66-56(57(107-67(71)92)69(11,93)58(106-66)59(70)88)105-63-44(73-36(8)77)47(82)54(40(101-63)28-97-64-51(86)48(83)45(80)39(27-75)100-64)103-62-43(72-35(7)76)46(81)53(34(6)99-62)102-65-52(87)49(84)50(85)55(104-65)60(89)74-42-37(78)20-21-38(42)79/h13,15,18,23-24,34,39-41,43-58,62-66,75,78,80-87,93H,5,12,14,16-17,19-22,25-29H2,1-4,6-11H3,(H2,70,88)(H2,71,92)(H,72,76)(H,73,77)(H,74,89)(H,90,91)(H,94,95)/b24-13+,31-18+,32-23-/t34?,39?,40?,41-,43?,44?,45-,46-,47-,48+,49+,50-,51?,52?,53-,54-,55?,56?,57-,58?,62+,63+,64-,65-,66-,69+/m1/s1. The normalized spacial score (nSPS) is 35.6. The van der Waals surface area contributed by atoms with Crippen LogP contribution in [0.2, 0.25) is 0 Å². The molecule has 11 unspecified atom stereocenters. The topological polar surface area (TPSA) is 608 Å². The molecule has 27 atom stereocenters. The van der Waals surface area contributed by atoms with E-state index in [4.69, 9.17) is 72.6 Å². The lowest BCUT2D eigenvalue weighted by molar-refractivity contribution is -0.375. The quantitative estimate of drug-likeness (QED) is 0.0236. The van der Waals surface area contributed by atoms with Crippen LogP contribution >= 0.6 is 7.82 Å². The van der Waals surface area contributed by atoms with E-state index in [1.165, 1.54) is 18.1 Å². The van der Waals surface area contributed by atoms with Crippen LogP contribution in [0.1, 0.15) is 127 Å². The van der Waals surface area contributed by atoms with Gasteiger partial charge in [0.05, 0.1) is 32.5 Å². The van der Waals surface area contributed by atoms with Crippen LogP contribution in [0.3, 0.4) is 0 Å². The van der Waals surface area contributed by atoms with E-state index in [0.29, 0.717) is 12.8 Å². The van der Waals surface area contributed by atoms with Gasteiger partial charge in [-0.1, -0.05) is 73.1 Å². The van der Waals surface area contributed by atoms with E-state index in [0.717, 1.165) is 64.0 Å². The molecule has 0 spiro atoms. The van der Waals surface area contributed by atoms with Crippen LogP contribution < -0.4 is 27.4 Å². The molecule has 618 valence electrons. The summed E-state index contributed by atoms with van der Waals surface area (Å²) >= 11 is 0. The van der Waals surface area contributed by atoms with E-state index in [9.17, 15) is 104 Å². The first-order valence-electron chi connectivity index (χ1n) is 35.4. The van der Waals surface area contributed by atoms with Gasteiger partial charge in [-0.25, -0.2) is 14.2 Å². The number of primary amides is 2. The van der Waals surface area contributed by atoms with Crippen molar-refractivity contribution in [1.29, 1.82) is 0 Å². The van der Waals surface area contributed by atoms with E-state index >= 15 is 0 Å². The van der Waals surface area contributed by atoms with Crippen LogP contribution in [0.25, 0.3) is 0 Å². The average Bonchev–Trinajstić information content (AvgIpc) is 1.80. The number of carbonyl (C=O) groups excluding carboxylic acids is 6. The molecule has 5 saturated heterocycles. The predicted octanol–water partition coefficient (Wildman–Crippen LogP) is -2.03. The molecule has 109 heavy (non-hydrogen) atoms. The highest BCUT2D eigenvalue weighted by molar-refractivity contribution is 7.47. The Morgan fingerprint density at radius 1 is 0.716 bits per heavy atom. The van der Waals surface area contributed by atoms with Gasteiger partial charge in [0, 0.05) is 26.7 Å². The van der Waals surface area contributed by atoms with Crippen LogP contribution in [0.5, 0.6) is 0 Å². The second-order valence-corrected chi connectivity index (χ2v) is 30.3. The molecule has 0 saturated carbocycles. The number of nitrogens with two attached hydrogens (primary N) is 2. The molecule has 5 fully saturated rings. The monoisotopic (exact) mass is 1580 g/mol. The van der Waals surface area contributed by atoms with Gasteiger partial charge in [-0.15, -0.1) is 0 Å². The predicted molar refractivity (Wildman–Crippen MR) is 372 cm³/mol. The number of carboxylic acids is 1. The van der Waals surface area contributed by atoms with Crippen LogP contribution in [0.15, 0.2) is 70.7 Å². The van der Waals surface area contributed by atoms with E-state index in [-0.39, 0.29) is 24.9 Å². The minimum absolute atomic E-state index is 0.128. The van der Waals surface area contributed by atoms with Gasteiger partial charge in [0.2, 0.25) is 17.7 Å². The van der Waals surface area contributed by atoms with Gasteiger partial charge in [0.15, 0.2) is 67.8 Å². The number of phosphoric ester groups is 1. The molecule has 0 bridgehead atoms. The number of ketones is 1. The molecule has 40 heteroatoms. The molecule has 20 N–H and O–H groups in total. The number of hydrogen-bond donors (Lipinski definition) is 18. The van der Waals surface area contributed by atoms with Gasteiger partial charge in [-0.2, -0.15) is 0 Å². The highest BCUT2D eigenvalue weighted by atomic mass is 31.2. The van der Waals surface area contributed by atoms with E-state index in [1.54, 1.807) is 13.0 Å². The van der Waals surface area contributed by atoms with E-state index in [2.05, 4.69) is 75.4 Å². The number of Topliss-reactive ketones (excluding diaryl/α,β-unsaturated/α-hetero) is 1. The fourth-order valence-electron chi connectivity index (χ4n) is 12.6. The molecule has 39 nitrogen and oxygen atoms in total. The Morgan fingerprint density at radius 2 is 1.29 bits per heavy atom. The molecule has 0 aromatic rings. The lowest BCUT2D eigenvalue weighted by Crippen LogP contribution is -2.72. The molecule has 6 aliphatic rings. The molecule has 0 radical (unpaired) electrons. The number of ether oxygens (including phenoxy) is 11. The van der Waals surface area contributed by atoms with Gasteiger partial charge < -0.3 is 146 Å². The van der Waals surface area contributed by atoms with Crippen LogP contribution in [0, 0.1) is 5.41 Å². The molecule has 0 aromatic carbocycles. The fourth-order valence-corrected chi connectivity index (χ4v) is 13.5. The highest BCUT2D eigenvalue weighted by Crippen LogP contribution is 2.49. The zero-order valence-electron chi connectivity index (χ0n) is 62.2. The van der Waals surface area contributed by atoms with Crippen LogP contribution in [0.4, 0.5) is 4.79 Å². The first-order valence-corrected chi connectivity index (χ1v) is 36.9. The Hall–Kier alpha value is -6.16. The summed E-state index contributed by atoms with van der Waals surface area (Å²) in [7, 11) is -5.85. The molecule has 5 heterocycles. The Labute approximate surface area is 628 Å². The molecule has 5 aliphatic heterocycles. The third-order valence-electron chi connectivity index (χ3n) is 18.9. The number of aliphatic carboxylic acids is 1. The van der Waals surface area contributed by atoms with Gasteiger partial charge in [-0.3, -0.25) is 33.0 Å². The van der Waals surface area contributed by atoms with Gasteiger partial charge in [-0.05, 0) is 91.9 Å². The number of hydrogen-bond acceptors (Lipinski definition) is 32. The molecule has 6 rings (SSSR count). The van der Waals surface area contributed by atoms with E-state index in [1.807, 2.05) is 6.08 Å². The van der Waals surface area contributed by atoms with Crippen molar-refractivity contribution in [2.45, 2.75) is 286 Å². The third-order valence-corrected chi connectivity index (χ3v) is 19.9. The maximum atomic E-state index is 14.1. The van der Waals surface area contributed by atoms with Crippen LogP contribution in [-0.2, 0) is 94.5 Å². The largest absolute Gasteiger partial charge is 0.510 e. The summed E-state index contributed by atoms with van der Waals surface area (Å²) in [6.45, 7) is 16.8. The van der Waals surface area contributed by atoms with Crippen molar-refractivity contribution in [3.63, 3.8) is 0 Å². The van der Waals surface area contributed by atoms with Crippen molar-refractivity contribution >= 4 is 49.3 Å². The second-order valence-electron chi connectivity index (χ2n) is 28.9. The van der Waals surface area contributed by atoms with Crippen molar-refractivity contribution in [2.75, 3.05) is 26.4 Å². The third kappa shape index (κ3) is 25.4. The summed E-state index contributed by atoms with van der Waals surface area (Å²) in [5, 5.41) is 139. The average molecular weight is 1580 g/mol. The maximum absolute atomic E-state index is 14.1. The Morgan fingerprint density at radius 3 is 1.88 bits per heavy atom. The first kappa shape index (κ1) is 91.7. The number of nitrogens with one attached hydrogen (secondary N) is 3. The van der Waals surface area contributed by atoms with Crippen LogP contribution in [-0.4, -0.2) is 293 Å². The summed E-state index contributed by atoms with van der Waals surface area (Å²) in [6, 6.07) is -4.00. The summed E-state index contributed by atoms with van der Waals surface area (Å²) in [5.74, 6) is -7.66. The van der Waals surface area contributed by atoms with Crippen molar-refractivity contribution in [1.82, 2.24) is 16.0 Å². The number of carbonyl (C=O) groups is 7. The minimum atomic E-state index is -5.85. The Bertz CT molecular complexity index is 3360. The number of allylic oxidation sites excluding steroid dienone is 10. The van der Waals surface area contributed by atoms with Crippen molar-refractivity contribution in [3.8, 4) is 0 Å². The van der Waals surface area contributed by atoms with Gasteiger partial charge in [0.25, 0.3) is 5.91 Å². The SMILES string of the molecule is C=C(C/C=C(\C)CCC=C(C)C)CCC(C)(C)/C=C/CC/C(C)=C\CO[C@H](COP(=O)(O)O[C@H]1OC(C(N)=O)[C@@](C)(O)[C@H](OC(N)=O)C1O[C@@H]1OC(CO[C@@H]2OC(CO)[C@@H](O)[C@H](O)C2O)[C@@H](O[C@@H]2OC(C)[C@@H](O[C@@H]3OC(C(=O)NC4=C(O)CCC4=O)[C@H](O)[C@H](O)C3O)[C@H](O)C2NC(C)=O)[C@H](O)C1NC(C)=O)C(=O)O. The molecular formula is C69H108N5O34P. The zero-order valence-corrected chi connectivity index (χ0v) is 63.1. The van der Waals surface area contributed by atoms with Crippen molar-refractivity contribution in [2.24, 2.45) is 16.9 Å². The molecule has 5 amide bonds. The van der Waals surface area contributed by atoms with Gasteiger partial charge >= 0.3 is 19.9 Å². The van der Waals surface area contributed by atoms with Crippen molar-refractivity contribution < 1.29 is 165 Å². The zero-order chi connectivity index (χ0) is 81.5. The number of amides is 5. The summed E-state index contributed by atoms with van der Waals surface area (Å²) in [4.78, 5) is 102. The number of carboxylic acid groups (broad SMARTS) is 1. The minimum Gasteiger partial charge on any atom is -0.510 e. The Balaban J connectivity index is 1.25. The first-order chi connectivity index (χ1) is 50.9. The lowest BCUT2D eigenvalue weighted by Gasteiger charge is -2.52. The molecule has 0 aromatic heterocycles. The molecule has 1 aliphatic carbocycles. The number of aliphatic hydroxyl groups is 11. The van der Waals surface area contributed by atoms with E-state index < -0.39 is 240 Å². The fraction of sp³-hybridized carbons (Fsp3) is 0.725. The number of phosphoric acid groups is 1. The Kier molecular flexibility index (Phi) is 34.1. The lowest BCUT2D eigenvalue weighted by atomic mass is 9.85. The summed E-state index contributed by atoms with van der Waals surface area (Å²) in [6.07, 6.45) is -35.4. The molecular weight excluding hydrogens is 1470 g/mol. The number of rotatable bonds is 37. The highest BCUT2D eigenvalue weighted by Gasteiger charge is 2.62. The second kappa shape index (κ2) is 40.5.